The van der Waals surface area contributed by atoms with E-state index < -0.39 is 71.6 Å². The predicted molar refractivity (Wildman–Crippen MR) is 289 cm³/mol. The van der Waals surface area contributed by atoms with Gasteiger partial charge < -0.3 is 47.4 Å². The maximum atomic E-state index is 14.1. The summed E-state index contributed by atoms with van der Waals surface area (Å²) in [6.45, 7) is 4.41. The fraction of sp³-hybridized carbons (Fsp3) is 0.355. The molecule has 10 rings (SSSR count). The molecule has 18 nitrogen and oxygen atoms in total. The third-order valence-corrected chi connectivity index (χ3v) is 15.8. The van der Waals surface area contributed by atoms with E-state index in [1.54, 1.807) is 23.0 Å². The molecule has 8 atom stereocenters. The molecule has 0 aliphatic carbocycles. The van der Waals surface area contributed by atoms with Crippen LogP contribution in [0.2, 0.25) is 0 Å². The number of esters is 6. The highest BCUT2D eigenvalue weighted by Gasteiger charge is 2.59. The number of ether oxygens (including phenoxy) is 6. The van der Waals surface area contributed by atoms with Crippen LogP contribution < -0.4 is 0 Å². The van der Waals surface area contributed by atoms with E-state index in [0.29, 0.717) is 37.3 Å². The number of rotatable bonds is 16. The van der Waals surface area contributed by atoms with Gasteiger partial charge in [-0.25, -0.2) is 28.8 Å². The number of hydrogen-bond donors (Lipinski definition) is 0. The number of carbonyl (C=O) groups is 8. The fourth-order valence-corrected chi connectivity index (χ4v) is 12.5. The number of benzene rings is 4. The molecule has 18 heteroatoms. The lowest BCUT2D eigenvalue weighted by atomic mass is 9.76. The van der Waals surface area contributed by atoms with Crippen LogP contribution in [0.3, 0.4) is 0 Å². The van der Waals surface area contributed by atoms with Crippen molar-refractivity contribution in [2.24, 2.45) is 23.7 Å². The van der Waals surface area contributed by atoms with Gasteiger partial charge in [0.2, 0.25) is 11.8 Å². The molecule has 2 aromatic heterocycles. The summed E-state index contributed by atoms with van der Waals surface area (Å²) >= 11 is 0. The summed E-state index contributed by atoms with van der Waals surface area (Å²) in [6.07, 6.45) is 1.50. The van der Waals surface area contributed by atoms with E-state index in [1.807, 2.05) is 131 Å². The number of methoxy groups -OCH3 is 4. The monoisotopic (exact) mass is 1090 g/mol. The van der Waals surface area contributed by atoms with Gasteiger partial charge in [-0.2, -0.15) is 0 Å². The first kappa shape index (κ1) is 55.9. The topological polar surface area (TPSA) is 208 Å². The van der Waals surface area contributed by atoms with Gasteiger partial charge in [-0.1, -0.05) is 121 Å². The molecule has 4 aliphatic heterocycles. The van der Waals surface area contributed by atoms with Crippen LogP contribution in [-0.2, 0) is 86.4 Å². The van der Waals surface area contributed by atoms with E-state index in [2.05, 4.69) is 0 Å². The van der Waals surface area contributed by atoms with Gasteiger partial charge in [0, 0.05) is 48.4 Å². The molecule has 0 spiro atoms. The number of fused-ring (bicyclic) bond motifs is 4. The molecule has 0 N–H and O–H groups in total. The van der Waals surface area contributed by atoms with E-state index in [9.17, 15) is 38.4 Å². The maximum Gasteiger partial charge on any atom is 0.355 e. The molecule has 0 bridgehead atoms. The molecule has 2 fully saturated rings. The largest absolute Gasteiger partial charge is 0.465 e. The predicted octanol–water partition coefficient (Wildman–Crippen LogP) is 7.22. The number of amides is 2. The third kappa shape index (κ3) is 10.7. The SMILES string of the molecule is CCOC(=O)[C@H]1[C@@H]2[C@@H](Cc3cc(C(=O)OC)c(C(=O)OC)n31)C(=O)N(Cc1ccccc1)[C@H]2Cc1ccccc1.CCOC(=O)[C@H]1[C@@H]2[C@@H](Cc3cc(C(=O)OC)c(C(=O)OC)n31)C(=O)N(Cc1ccccc1)[C@H]2Cc1ccccc1. The Bertz CT molecular complexity index is 3050. The van der Waals surface area contributed by atoms with Crippen molar-refractivity contribution in [1.29, 1.82) is 0 Å². The van der Waals surface area contributed by atoms with Crippen molar-refractivity contribution in [2.45, 2.75) is 76.8 Å². The number of carbonyl (C=O) groups excluding carboxylic acids is 8. The zero-order valence-electron chi connectivity index (χ0n) is 45.5. The summed E-state index contributed by atoms with van der Waals surface area (Å²) in [6, 6.07) is 39.3. The standard InChI is InChI=1S/2C31H32N2O7/c2*1-4-40-31(37)27-25-22(16-21-17-23(29(35)38-2)26(33(21)27)30(36)39-3)28(34)32(18-20-13-9-6-10-14-20)24(25)15-19-11-7-5-8-12-19/h2*5-14,17,22,24-25,27H,4,15-16,18H2,1-3H3/t2*22-,24+,25-,27-/m11/s1. The van der Waals surface area contributed by atoms with Gasteiger partial charge in [-0.05, 0) is 73.9 Å². The van der Waals surface area contributed by atoms with Gasteiger partial charge in [-0.15, -0.1) is 0 Å². The minimum atomic E-state index is -1.03. The van der Waals surface area contributed by atoms with Gasteiger partial charge in [-0.3, -0.25) is 9.59 Å². The summed E-state index contributed by atoms with van der Waals surface area (Å²) in [7, 11) is 4.87. The van der Waals surface area contributed by atoms with E-state index >= 15 is 0 Å². The Morgan fingerprint density at radius 1 is 0.450 bits per heavy atom. The summed E-state index contributed by atoms with van der Waals surface area (Å²) in [5.74, 6) is -6.43. The van der Waals surface area contributed by atoms with Crippen molar-refractivity contribution < 1.29 is 66.8 Å². The van der Waals surface area contributed by atoms with Crippen molar-refractivity contribution in [3.63, 3.8) is 0 Å². The minimum absolute atomic E-state index is 0.00757. The molecule has 0 saturated carbocycles. The molecule has 6 aromatic rings. The Kier molecular flexibility index (Phi) is 17.1. The van der Waals surface area contributed by atoms with Crippen molar-refractivity contribution in [3.05, 3.63) is 190 Å². The van der Waals surface area contributed by atoms with E-state index in [-0.39, 0.29) is 72.5 Å². The zero-order chi connectivity index (χ0) is 56.8. The highest BCUT2D eigenvalue weighted by atomic mass is 16.5. The lowest BCUT2D eigenvalue weighted by Crippen LogP contribution is -2.45. The molecule has 80 heavy (non-hydrogen) atoms. The van der Waals surface area contributed by atoms with Crippen LogP contribution in [0, 0.1) is 23.7 Å². The summed E-state index contributed by atoms with van der Waals surface area (Å²) < 4.78 is 34.1. The Balaban J connectivity index is 0.000000194. The minimum Gasteiger partial charge on any atom is -0.465 e. The van der Waals surface area contributed by atoms with Crippen LogP contribution >= 0.6 is 0 Å². The molecule has 0 unspecified atom stereocenters. The molecule has 2 saturated heterocycles. The smallest absolute Gasteiger partial charge is 0.355 e. The average Bonchev–Trinajstić information content (AvgIpc) is 4.22. The molecule has 4 aliphatic rings. The second kappa shape index (κ2) is 24.5. The Morgan fingerprint density at radius 2 is 0.762 bits per heavy atom. The van der Waals surface area contributed by atoms with Gasteiger partial charge in [0.05, 0.1) is 64.6 Å². The summed E-state index contributed by atoms with van der Waals surface area (Å²) in [5.41, 5.74) is 4.83. The molecule has 6 heterocycles. The first-order chi connectivity index (χ1) is 38.8. The number of likely N-dealkylation sites (tertiary alicyclic amines) is 2. The van der Waals surface area contributed by atoms with Gasteiger partial charge in [0.1, 0.15) is 23.5 Å². The average molecular weight is 1090 g/mol. The maximum absolute atomic E-state index is 14.1. The van der Waals surface area contributed by atoms with Crippen molar-refractivity contribution in [2.75, 3.05) is 41.7 Å². The summed E-state index contributed by atoms with van der Waals surface area (Å²) in [5, 5.41) is 0. The quantitative estimate of drug-likeness (QED) is 0.0693. The van der Waals surface area contributed by atoms with E-state index in [4.69, 9.17) is 28.4 Å². The lowest BCUT2D eigenvalue weighted by Gasteiger charge is -2.37. The molecule has 0 radical (unpaired) electrons. The summed E-state index contributed by atoms with van der Waals surface area (Å²) in [4.78, 5) is 111. The van der Waals surface area contributed by atoms with Crippen molar-refractivity contribution in [1.82, 2.24) is 18.9 Å². The van der Waals surface area contributed by atoms with Crippen LogP contribution in [0.4, 0.5) is 0 Å². The highest BCUT2D eigenvalue weighted by molar-refractivity contribution is 6.04. The van der Waals surface area contributed by atoms with E-state index in [1.165, 1.54) is 40.6 Å². The number of aromatic nitrogens is 2. The highest BCUT2D eigenvalue weighted by Crippen LogP contribution is 2.50. The molecular weight excluding hydrogens is 1020 g/mol. The van der Waals surface area contributed by atoms with Crippen LogP contribution in [0.15, 0.2) is 133 Å². The Labute approximate surface area is 463 Å². The van der Waals surface area contributed by atoms with Crippen LogP contribution in [0.25, 0.3) is 0 Å². The first-order valence-electron chi connectivity index (χ1n) is 26.7. The van der Waals surface area contributed by atoms with Gasteiger partial charge in [0.25, 0.3) is 0 Å². The fourth-order valence-electron chi connectivity index (χ4n) is 12.5. The third-order valence-electron chi connectivity index (χ3n) is 15.8. The van der Waals surface area contributed by atoms with Gasteiger partial charge >= 0.3 is 35.8 Å². The second-order valence-corrected chi connectivity index (χ2v) is 20.1. The van der Waals surface area contributed by atoms with Gasteiger partial charge in [0.15, 0.2) is 0 Å². The van der Waals surface area contributed by atoms with E-state index in [0.717, 1.165) is 22.3 Å². The molecule has 416 valence electrons. The van der Waals surface area contributed by atoms with Crippen molar-refractivity contribution in [3.8, 4) is 0 Å². The molecule has 4 aromatic carbocycles. The van der Waals surface area contributed by atoms with Crippen molar-refractivity contribution >= 4 is 47.6 Å². The molecular formula is C62H64N4O14. The number of nitrogens with zero attached hydrogens (tertiary/aromatic N) is 4. The van der Waals surface area contributed by atoms with Crippen LogP contribution in [0.5, 0.6) is 0 Å². The van der Waals surface area contributed by atoms with Crippen LogP contribution in [-0.4, -0.2) is 120 Å². The Hall–Kier alpha value is -8.80. The zero-order valence-corrected chi connectivity index (χ0v) is 45.5. The number of hydrogen-bond acceptors (Lipinski definition) is 14. The molecule has 2 amide bonds. The first-order valence-corrected chi connectivity index (χ1v) is 26.7. The second-order valence-electron chi connectivity index (χ2n) is 20.1. The lowest BCUT2D eigenvalue weighted by molar-refractivity contribution is -0.151. The Morgan fingerprint density at radius 3 is 1.06 bits per heavy atom. The van der Waals surface area contributed by atoms with Crippen LogP contribution in [0.1, 0.15) is 101 Å². The normalized spacial score (nSPS) is 21.4.